The highest BCUT2D eigenvalue weighted by Gasteiger charge is 2.25. The Morgan fingerprint density at radius 2 is 1.89 bits per heavy atom. The number of rotatable bonds is 5. The Kier molecular flexibility index (Phi) is 5.41. The van der Waals surface area contributed by atoms with Gasteiger partial charge < -0.3 is 0 Å². The van der Waals surface area contributed by atoms with Gasteiger partial charge in [0.15, 0.2) is 0 Å². The molecule has 1 aliphatic carbocycles. The summed E-state index contributed by atoms with van der Waals surface area (Å²) in [7, 11) is 0. The quantitative estimate of drug-likeness (QED) is 0.627. The summed E-state index contributed by atoms with van der Waals surface area (Å²) >= 11 is 0. The van der Waals surface area contributed by atoms with E-state index in [1.807, 2.05) is 0 Å². The number of hydrogen-bond donors (Lipinski definition) is 2. The summed E-state index contributed by atoms with van der Waals surface area (Å²) in [5.41, 5.74) is 5.94. The molecule has 106 valence electrons. The van der Waals surface area contributed by atoms with Gasteiger partial charge in [-0.2, -0.15) is 0 Å². The van der Waals surface area contributed by atoms with Crippen LogP contribution in [0.1, 0.15) is 50.2 Å². The van der Waals surface area contributed by atoms with Crippen molar-refractivity contribution in [3.8, 4) is 0 Å². The van der Waals surface area contributed by atoms with Crippen LogP contribution in [0.2, 0.25) is 0 Å². The third-order valence-corrected chi connectivity index (χ3v) is 4.83. The predicted octanol–water partition coefficient (Wildman–Crippen LogP) is 3.59. The molecule has 1 aromatic carbocycles. The Bertz CT molecular complexity index is 381. The maximum absolute atomic E-state index is 5.79. The molecular weight excluding hydrogens is 232 g/mol. The molecule has 2 rings (SSSR count). The first-order valence-corrected chi connectivity index (χ1v) is 7.71. The Labute approximate surface area is 117 Å². The number of benzene rings is 1. The first-order chi connectivity index (χ1) is 9.20. The molecule has 1 unspecified atom stereocenters. The lowest BCUT2D eigenvalue weighted by Gasteiger charge is -2.32. The van der Waals surface area contributed by atoms with Crippen LogP contribution in [0.15, 0.2) is 24.3 Å². The van der Waals surface area contributed by atoms with Crippen molar-refractivity contribution >= 4 is 0 Å². The van der Waals surface area contributed by atoms with Crippen molar-refractivity contribution < 1.29 is 0 Å². The van der Waals surface area contributed by atoms with E-state index >= 15 is 0 Å². The molecule has 0 saturated heterocycles. The number of hydrogen-bond acceptors (Lipinski definition) is 2. The van der Waals surface area contributed by atoms with Crippen LogP contribution in [0.3, 0.4) is 0 Å². The van der Waals surface area contributed by atoms with Gasteiger partial charge in [-0.3, -0.25) is 11.3 Å². The van der Waals surface area contributed by atoms with Crippen molar-refractivity contribution in [2.45, 2.75) is 58.4 Å². The fraction of sp³-hybridized carbons (Fsp3) is 0.647. The van der Waals surface area contributed by atoms with Gasteiger partial charge in [-0.05, 0) is 55.6 Å². The molecule has 0 heterocycles. The highest BCUT2D eigenvalue weighted by molar-refractivity contribution is 5.25. The summed E-state index contributed by atoms with van der Waals surface area (Å²) < 4.78 is 0. The van der Waals surface area contributed by atoms with Crippen LogP contribution in [-0.2, 0) is 6.42 Å². The second-order valence-corrected chi connectivity index (χ2v) is 6.26. The van der Waals surface area contributed by atoms with E-state index in [1.54, 1.807) is 0 Å². The van der Waals surface area contributed by atoms with Gasteiger partial charge >= 0.3 is 0 Å². The molecular formula is C17H28N2. The minimum absolute atomic E-state index is 0.479. The van der Waals surface area contributed by atoms with Crippen molar-refractivity contribution in [1.82, 2.24) is 5.43 Å². The fourth-order valence-electron chi connectivity index (χ4n) is 3.34. The average molecular weight is 260 g/mol. The first kappa shape index (κ1) is 14.5. The molecule has 1 aromatic rings. The standard InChI is InChI=1S/C17H28N2/c1-13-7-9-16(10-8-13)17(19-18)12-11-15-6-4-3-5-14(15)2/h3-6,13,16-17,19H,7-12,18H2,1-2H3. The summed E-state index contributed by atoms with van der Waals surface area (Å²) in [6.45, 7) is 4.57. The van der Waals surface area contributed by atoms with Crippen LogP contribution in [-0.4, -0.2) is 6.04 Å². The van der Waals surface area contributed by atoms with E-state index in [2.05, 4.69) is 43.5 Å². The van der Waals surface area contributed by atoms with Crippen molar-refractivity contribution in [1.29, 1.82) is 0 Å². The molecule has 3 N–H and O–H groups in total. The summed E-state index contributed by atoms with van der Waals surface area (Å²) in [6.07, 6.45) is 7.70. The predicted molar refractivity (Wildman–Crippen MR) is 81.7 cm³/mol. The molecule has 1 atom stereocenters. The van der Waals surface area contributed by atoms with Gasteiger partial charge in [-0.1, -0.05) is 44.0 Å². The van der Waals surface area contributed by atoms with Gasteiger partial charge in [0.05, 0.1) is 0 Å². The van der Waals surface area contributed by atoms with Crippen LogP contribution >= 0.6 is 0 Å². The summed E-state index contributed by atoms with van der Waals surface area (Å²) in [5, 5.41) is 0. The highest BCUT2D eigenvalue weighted by atomic mass is 15.2. The van der Waals surface area contributed by atoms with Gasteiger partial charge in [0.1, 0.15) is 0 Å². The molecule has 0 amide bonds. The van der Waals surface area contributed by atoms with E-state index in [1.165, 1.54) is 36.8 Å². The van der Waals surface area contributed by atoms with Crippen LogP contribution in [0.4, 0.5) is 0 Å². The zero-order valence-electron chi connectivity index (χ0n) is 12.4. The first-order valence-electron chi connectivity index (χ1n) is 7.71. The zero-order chi connectivity index (χ0) is 13.7. The second kappa shape index (κ2) is 7.06. The Hall–Kier alpha value is -0.860. The number of nitrogens with two attached hydrogens (primary N) is 1. The monoisotopic (exact) mass is 260 g/mol. The SMILES string of the molecule is Cc1ccccc1CCC(NN)C1CCC(C)CC1. The molecule has 0 spiro atoms. The molecule has 0 bridgehead atoms. The van der Waals surface area contributed by atoms with E-state index in [4.69, 9.17) is 5.84 Å². The lowest BCUT2D eigenvalue weighted by atomic mass is 9.78. The number of aryl methyl sites for hydroxylation is 2. The maximum atomic E-state index is 5.79. The van der Waals surface area contributed by atoms with E-state index in [0.29, 0.717) is 6.04 Å². The minimum atomic E-state index is 0.479. The third-order valence-electron chi connectivity index (χ3n) is 4.83. The molecule has 1 fully saturated rings. The molecule has 0 aliphatic heterocycles. The summed E-state index contributed by atoms with van der Waals surface area (Å²) in [6, 6.07) is 9.16. The van der Waals surface area contributed by atoms with E-state index in [-0.39, 0.29) is 0 Å². The van der Waals surface area contributed by atoms with Crippen LogP contribution < -0.4 is 11.3 Å². The zero-order valence-corrected chi connectivity index (χ0v) is 12.4. The van der Waals surface area contributed by atoms with Crippen LogP contribution in [0.25, 0.3) is 0 Å². The van der Waals surface area contributed by atoms with Gasteiger partial charge in [0.2, 0.25) is 0 Å². The smallest absolute Gasteiger partial charge is 0.0241 e. The van der Waals surface area contributed by atoms with E-state index in [9.17, 15) is 0 Å². The fourth-order valence-corrected chi connectivity index (χ4v) is 3.34. The van der Waals surface area contributed by atoms with Crippen molar-refractivity contribution in [2.24, 2.45) is 17.7 Å². The van der Waals surface area contributed by atoms with E-state index in [0.717, 1.165) is 24.7 Å². The topological polar surface area (TPSA) is 38.0 Å². The van der Waals surface area contributed by atoms with Crippen LogP contribution in [0, 0.1) is 18.8 Å². The lowest BCUT2D eigenvalue weighted by Crippen LogP contribution is -2.42. The summed E-state index contributed by atoms with van der Waals surface area (Å²) in [4.78, 5) is 0. The average Bonchev–Trinajstić information content (AvgIpc) is 2.43. The van der Waals surface area contributed by atoms with Crippen molar-refractivity contribution in [2.75, 3.05) is 0 Å². The Morgan fingerprint density at radius 1 is 1.21 bits per heavy atom. The van der Waals surface area contributed by atoms with Gasteiger partial charge in [0.25, 0.3) is 0 Å². The van der Waals surface area contributed by atoms with Gasteiger partial charge in [-0.25, -0.2) is 0 Å². The number of nitrogens with one attached hydrogen (secondary N) is 1. The molecule has 19 heavy (non-hydrogen) atoms. The summed E-state index contributed by atoms with van der Waals surface area (Å²) in [5.74, 6) is 7.47. The molecule has 0 aromatic heterocycles. The normalized spacial score (nSPS) is 25.2. The Morgan fingerprint density at radius 3 is 2.53 bits per heavy atom. The third kappa shape index (κ3) is 4.05. The molecule has 0 radical (unpaired) electrons. The Balaban J connectivity index is 1.87. The van der Waals surface area contributed by atoms with Crippen molar-refractivity contribution in [3.05, 3.63) is 35.4 Å². The largest absolute Gasteiger partial charge is 0.271 e. The lowest BCUT2D eigenvalue weighted by molar-refractivity contribution is 0.223. The number of hydrazine groups is 1. The van der Waals surface area contributed by atoms with E-state index < -0.39 is 0 Å². The molecule has 2 heteroatoms. The highest BCUT2D eigenvalue weighted by Crippen LogP contribution is 2.31. The van der Waals surface area contributed by atoms with Gasteiger partial charge in [0, 0.05) is 6.04 Å². The van der Waals surface area contributed by atoms with Gasteiger partial charge in [-0.15, -0.1) is 0 Å². The maximum Gasteiger partial charge on any atom is 0.0241 e. The molecule has 2 nitrogen and oxygen atoms in total. The minimum Gasteiger partial charge on any atom is -0.271 e. The molecule has 1 saturated carbocycles. The molecule has 1 aliphatic rings. The van der Waals surface area contributed by atoms with Crippen molar-refractivity contribution in [3.63, 3.8) is 0 Å². The van der Waals surface area contributed by atoms with Crippen LogP contribution in [0.5, 0.6) is 0 Å². The second-order valence-electron chi connectivity index (χ2n) is 6.26.